The number of fused-ring (bicyclic) bond motifs is 2. The zero-order valence-corrected chi connectivity index (χ0v) is 7.85. The van der Waals surface area contributed by atoms with Gasteiger partial charge in [-0.2, -0.15) is 5.26 Å². The molecule has 0 aromatic heterocycles. The molecule has 0 aliphatic carbocycles. The molecule has 3 rings (SSSR count). The van der Waals surface area contributed by atoms with Crippen LogP contribution in [-0.4, -0.2) is 35.6 Å². The van der Waals surface area contributed by atoms with Gasteiger partial charge in [0.1, 0.15) is 6.04 Å². The van der Waals surface area contributed by atoms with Crippen molar-refractivity contribution in [3.8, 4) is 6.07 Å². The summed E-state index contributed by atoms with van der Waals surface area (Å²) >= 11 is 0. The molecule has 3 heterocycles. The summed E-state index contributed by atoms with van der Waals surface area (Å²) in [6.45, 7) is 0.628. The molecule has 3 saturated heterocycles. The Bertz CT molecular complexity index is 323. The zero-order chi connectivity index (χ0) is 9.71. The number of nitriles is 1. The van der Waals surface area contributed by atoms with E-state index in [2.05, 4.69) is 6.07 Å². The quantitative estimate of drug-likeness (QED) is 0.561. The van der Waals surface area contributed by atoms with Crippen LogP contribution in [0.25, 0.3) is 0 Å². The average Bonchev–Trinajstić information content (AvgIpc) is 2.70. The molecule has 0 radical (unpaired) electrons. The molecule has 1 amide bonds. The van der Waals surface area contributed by atoms with E-state index in [-0.39, 0.29) is 24.0 Å². The Morgan fingerprint density at radius 2 is 2.36 bits per heavy atom. The summed E-state index contributed by atoms with van der Waals surface area (Å²) in [4.78, 5) is 13.5. The number of ether oxygens (including phenoxy) is 1. The summed E-state index contributed by atoms with van der Waals surface area (Å²) in [6.07, 6.45) is 3.46. The number of carbonyl (C=O) groups is 1. The first-order chi connectivity index (χ1) is 6.79. The number of carbonyl (C=O) groups excluding carboxylic acids is 1. The number of nitrogens with zero attached hydrogens (tertiary/aromatic N) is 2. The standard InChI is InChI=1S/C10H12N2O2/c11-4-6-5-12(6)10(13)8-3-7-1-2-9(8)14-7/h6-9H,1-3,5H2. The first kappa shape index (κ1) is 8.25. The Hall–Kier alpha value is -1.08. The first-order valence-corrected chi connectivity index (χ1v) is 5.15. The fourth-order valence-electron chi connectivity index (χ4n) is 2.60. The van der Waals surface area contributed by atoms with Crippen LogP contribution in [0.5, 0.6) is 0 Å². The molecule has 4 unspecified atom stereocenters. The van der Waals surface area contributed by atoms with Crippen LogP contribution in [0.4, 0.5) is 0 Å². The highest BCUT2D eigenvalue weighted by Gasteiger charge is 2.50. The van der Waals surface area contributed by atoms with E-state index in [1.807, 2.05) is 0 Å². The zero-order valence-electron chi connectivity index (χ0n) is 7.85. The molecule has 0 spiro atoms. The summed E-state index contributed by atoms with van der Waals surface area (Å²) in [5, 5.41) is 8.62. The topological polar surface area (TPSA) is 53.1 Å². The van der Waals surface area contributed by atoms with E-state index in [1.54, 1.807) is 4.90 Å². The fraction of sp³-hybridized carbons (Fsp3) is 0.800. The van der Waals surface area contributed by atoms with Crippen LogP contribution in [0.1, 0.15) is 19.3 Å². The van der Waals surface area contributed by atoms with Crippen molar-refractivity contribution in [1.29, 1.82) is 5.26 Å². The Kier molecular flexibility index (Phi) is 1.59. The van der Waals surface area contributed by atoms with Crippen molar-refractivity contribution < 1.29 is 9.53 Å². The molecular formula is C10H12N2O2. The van der Waals surface area contributed by atoms with Gasteiger partial charge in [0, 0.05) is 0 Å². The molecule has 4 atom stereocenters. The van der Waals surface area contributed by atoms with Crippen LogP contribution in [0.3, 0.4) is 0 Å². The minimum Gasteiger partial charge on any atom is -0.374 e. The van der Waals surface area contributed by atoms with E-state index >= 15 is 0 Å². The number of hydrogen-bond donors (Lipinski definition) is 0. The Balaban J connectivity index is 1.67. The van der Waals surface area contributed by atoms with Gasteiger partial charge in [0.25, 0.3) is 0 Å². The van der Waals surface area contributed by atoms with Gasteiger partial charge in [0.05, 0.1) is 30.7 Å². The molecule has 3 aliphatic rings. The predicted octanol–water partition coefficient (Wildman–Crippen LogP) is 0.288. The fourth-order valence-corrected chi connectivity index (χ4v) is 2.60. The van der Waals surface area contributed by atoms with Gasteiger partial charge >= 0.3 is 0 Å². The van der Waals surface area contributed by atoms with E-state index in [0.717, 1.165) is 19.3 Å². The van der Waals surface area contributed by atoms with Gasteiger partial charge in [-0.25, -0.2) is 0 Å². The smallest absolute Gasteiger partial charge is 0.229 e. The molecule has 2 bridgehead atoms. The highest BCUT2D eigenvalue weighted by molar-refractivity contribution is 5.83. The second-order valence-corrected chi connectivity index (χ2v) is 4.35. The lowest BCUT2D eigenvalue weighted by molar-refractivity contribution is -0.131. The van der Waals surface area contributed by atoms with Crippen molar-refractivity contribution in [1.82, 2.24) is 4.90 Å². The van der Waals surface area contributed by atoms with E-state index < -0.39 is 0 Å². The molecule has 4 heteroatoms. The van der Waals surface area contributed by atoms with Crippen LogP contribution in [0.2, 0.25) is 0 Å². The first-order valence-electron chi connectivity index (χ1n) is 5.15. The van der Waals surface area contributed by atoms with Crippen molar-refractivity contribution in [3.63, 3.8) is 0 Å². The lowest BCUT2D eigenvalue weighted by Crippen LogP contribution is -2.31. The van der Waals surface area contributed by atoms with Crippen LogP contribution in [0.15, 0.2) is 0 Å². The van der Waals surface area contributed by atoms with Gasteiger partial charge in [-0.05, 0) is 19.3 Å². The molecule has 0 aromatic carbocycles. The third kappa shape index (κ3) is 1.05. The van der Waals surface area contributed by atoms with Crippen molar-refractivity contribution in [2.75, 3.05) is 6.54 Å². The van der Waals surface area contributed by atoms with Crippen LogP contribution < -0.4 is 0 Å². The maximum Gasteiger partial charge on any atom is 0.229 e. The molecular weight excluding hydrogens is 180 g/mol. The van der Waals surface area contributed by atoms with Crippen LogP contribution >= 0.6 is 0 Å². The molecule has 0 saturated carbocycles. The van der Waals surface area contributed by atoms with Gasteiger partial charge < -0.3 is 9.64 Å². The molecule has 74 valence electrons. The van der Waals surface area contributed by atoms with Gasteiger partial charge in [-0.15, -0.1) is 0 Å². The minimum atomic E-state index is -0.151. The Morgan fingerprint density at radius 3 is 2.86 bits per heavy atom. The van der Waals surface area contributed by atoms with E-state index in [1.165, 1.54) is 0 Å². The van der Waals surface area contributed by atoms with Crippen molar-refractivity contribution >= 4 is 5.91 Å². The van der Waals surface area contributed by atoms with E-state index in [0.29, 0.717) is 12.6 Å². The largest absolute Gasteiger partial charge is 0.374 e. The van der Waals surface area contributed by atoms with Crippen molar-refractivity contribution in [2.24, 2.45) is 5.92 Å². The maximum atomic E-state index is 11.9. The molecule has 3 fully saturated rings. The number of hydrogen-bond acceptors (Lipinski definition) is 3. The van der Waals surface area contributed by atoms with Crippen molar-refractivity contribution in [2.45, 2.75) is 37.5 Å². The summed E-state index contributed by atoms with van der Waals surface area (Å²) < 4.78 is 5.62. The molecule has 0 aromatic rings. The van der Waals surface area contributed by atoms with Gasteiger partial charge in [-0.1, -0.05) is 0 Å². The molecule has 3 aliphatic heterocycles. The molecule has 0 N–H and O–H groups in total. The maximum absolute atomic E-state index is 11.9. The molecule has 14 heavy (non-hydrogen) atoms. The third-order valence-electron chi connectivity index (χ3n) is 3.47. The van der Waals surface area contributed by atoms with Gasteiger partial charge in [-0.3, -0.25) is 4.79 Å². The second-order valence-electron chi connectivity index (χ2n) is 4.35. The Labute approximate surface area is 82.4 Å². The van der Waals surface area contributed by atoms with E-state index in [9.17, 15) is 4.79 Å². The minimum absolute atomic E-state index is 0.0482. The average molecular weight is 192 g/mol. The monoisotopic (exact) mass is 192 g/mol. The van der Waals surface area contributed by atoms with Crippen LogP contribution in [0, 0.1) is 17.2 Å². The predicted molar refractivity (Wildman–Crippen MR) is 47.1 cm³/mol. The summed E-state index contributed by atoms with van der Waals surface area (Å²) in [5.41, 5.74) is 0. The number of rotatable bonds is 1. The summed E-state index contributed by atoms with van der Waals surface area (Å²) in [7, 11) is 0. The number of amides is 1. The van der Waals surface area contributed by atoms with Gasteiger partial charge in [0.2, 0.25) is 5.91 Å². The summed E-state index contributed by atoms with van der Waals surface area (Å²) in [6, 6.07) is 1.95. The second kappa shape index (κ2) is 2.71. The van der Waals surface area contributed by atoms with E-state index in [4.69, 9.17) is 10.00 Å². The SMILES string of the molecule is N#CC1CN1C(=O)C1CC2CCC1O2. The highest BCUT2D eigenvalue weighted by Crippen LogP contribution is 2.40. The molecule has 4 nitrogen and oxygen atoms in total. The normalized spacial score (nSPS) is 43.8. The highest BCUT2D eigenvalue weighted by atomic mass is 16.5. The van der Waals surface area contributed by atoms with Gasteiger partial charge in [0.15, 0.2) is 0 Å². The lowest BCUT2D eigenvalue weighted by atomic mass is 9.88. The summed E-state index contributed by atoms with van der Waals surface area (Å²) in [5.74, 6) is 0.191. The lowest BCUT2D eigenvalue weighted by Gasteiger charge is -2.17. The van der Waals surface area contributed by atoms with Crippen molar-refractivity contribution in [3.05, 3.63) is 0 Å². The third-order valence-corrected chi connectivity index (χ3v) is 3.47. The van der Waals surface area contributed by atoms with Crippen LogP contribution in [-0.2, 0) is 9.53 Å². The Morgan fingerprint density at radius 1 is 1.50 bits per heavy atom.